The van der Waals surface area contributed by atoms with Gasteiger partial charge in [0.2, 0.25) is 5.88 Å². The number of nitriles is 1. The third kappa shape index (κ3) is 3.11. The van der Waals surface area contributed by atoms with E-state index in [1.807, 2.05) is 54.6 Å². The van der Waals surface area contributed by atoms with Gasteiger partial charge in [-0.15, -0.1) is 0 Å². The van der Waals surface area contributed by atoms with Crippen LogP contribution in [0.3, 0.4) is 0 Å². The zero-order chi connectivity index (χ0) is 19.0. The van der Waals surface area contributed by atoms with Gasteiger partial charge in [-0.3, -0.25) is 4.79 Å². The van der Waals surface area contributed by atoms with Crippen LogP contribution in [0.5, 0.6) is 0 Å². The number of hydrogen-bond acceptors (Lipinski definition) is 4. The maximum atomic E-state index is 13.1. The number of Topliss-reactive ketones (excluding diaryl/α,β-unsaturated/α-hetero) is 1. The lowest BCUT2D eigenvalue weighted by Gasteiger charge is -2.34. The van der Waals surface area contributed by atoms with E-state index < -0.39 is 5.92 Å². The van der Waals surface area contributed by atoms with Crippen molar-refractivity contribution < 1.29 is 9.53 Å². The van der Waals surface area contributed by atoms with Crippen molar-refractivity contribution >= 4 is 17.4 Å². The number of nitrogens with two attached hydrogens (primary N) is 1. The molecule has 0 saturated heterocycles. The van der Waals surface area contributed by atoms with Crippen molar-refractivity contribution in [2.24, 2.45) is 5.73 Å². The minimum Gasteiger partial charge on any atom is -0.444 e. The minimum atomic E-state index is -0.479. The first-order chi connectivity index (χ1) is 13.1. The van der Waals surface area contributed by atoms with Crippen LogP contribution in [-0.2, 0) is 9.53 Å². The van der Waals surface area contributed by atoms with Crippen LogP contribution >= 0.6 is 11.6 Å². The molecule has 0 fully saturated rings. The van der Waals surface area contributed by atoms with E-state index in [0.29, 0.717) is 29.2 Å². The van der Waals surface area contributed by atoms with Crippen molar-refractivity contribution in [2.75, 3.05) is 0 Å². The van der Waals surface area contributed by atoms with Gasteiger partial charge in [-0.2, -0.15) is 5.26 Å². The van der Waals surface area contributed by atoms with E-state index in [-0.39, 0.29) is 23.2 Å². The highest BCUT2D eigenvalue weighted by molar-refractivity contribution is 6.30. The minimum absolute atomic E-state index is 0.0182. The first-order valence-corrected chi connectivity index (χ1v) is 9.10. The number of allylic oxidation sites excluding steroid dienone is 3. The molecule has 4 rings (SSSR count). The summed E-state index contributed by atoms with van der Waals surface area (Å²) in [4.78, 5) is 13.1. The zero-order valence-electron chi connectivity index (χ0n) is 14.5. The Hall–Kier alpha value is -3.03. The third-order valence-corrected chi connectivity index (χ3v) is 5.35. The topological polar surface area (TPSA) is 76.1 Å². The third-order valence-electron chi connectivity index (χ3n) is 5.11. The molecule has 2 N–H and O–H groups in total. The molecule has 1 heterocycles. The average Bonchev–Trinajstić information content (AvgIpc) is 2.67. The van der Waals surface area contributed by atoms with Gasteiger partial charge in [-0.1, -0.05) is 54.1 Å². The van der Waals surface area contributed by atoms with E-state index in [0.717, 1.165) is 11.1 Å². The number of ether oxygens (including phenoxy) is 1. The number of rotatable bonds is 2. The Morgan fingerprint density at radius 3 is 2.52 bits per heavy atom. The summed E-state index contributed by atoms with van der Waals surface area (Å²) in [5, 5.41) is 10.3. The van der Waals surface area contributed by atoms with E-state index in [4.69, 9.17) is 22.1 Å². The summed E-state index contributed by atoms with van der Waals surface area (Å²) in [5.74, 6) is 0.108. The lowest BCUT2D eigenvalue weighted by Crippen LogP contribution is -2.29. The molecule has 0 amide bonds. The Kier molecular flexibility index (Phi) is 4.47. The number of halogens is 1. The molecule has 2 atom stereocenters. The summed E-state index contributed by atoms with van der Waals surface area (Å²) in [5.41, 5.74) is 8.74. The van der Waals surface area contributed by atoms with Gasteiger partial charge >= 0.3 is 0 Å². The quantitative estimate of drug-likeness (QED) is 0.834. The SMILES string of the molecule is N#CC1=C(N)OC2=C(C(=O)C[C@H](c3cccc(Cl)c3)C2)[C@@H]1c1ccccc1. The van der Waals surface area contributed by atoms with Crippen LogP contribution < -0.4 is 5.73 Å². The molecule has 2 aliphatic rings. The van der Waals surface area contributed by atoms with Gasteiger partial charge in [0, 0.05) is 23.4 Å². The maximum absolute atomic E-state index is 13.1. The summed E-state index contributed by atoms with van der Waals surface area (Å²) in [6.07, 6.45) is 0.897. The van der Waals surface area contributed by atoms with Gasteiger partial charge in [0.25, 0.3) is 0 Å². The fourth-order valence-electron chi connectivity index (χ4n) is 3.88. The smallest absolute Gasteiger partial charge is 0.205 e. The van der Waals surface area contributed by atoms with Crippen LogP contribution in [0.1, 0.15) is 35.8 Å². The molecule has 0 bridgehead atoms. The normalized spacial score (nSPS) is 22.1. The lowest BCUT2D eigenvalue weighted by molar-refractivity contribution is -0.117. The predicted octanol–water partition coefficient (Wildman–Crippen LogP) is 4.55. The van der Waals surface area contributed by atoms with Gasteiger partial charge in [-0.05, 0) is 29.2 Å². The van der Waals surface area contributed by atoms with Gasteiger partial charge < -0.3 is 10.5 Å². The molecule has 2 aromatic carbocycles. The average molecular weight is 377 g/mol. The molecule has 0 spiro atoms. The van der Waals surface area contributed by atoms with Crippen LogP contribution in [0.15, 0.2) is 77.4 Å². The Morgan fingerprint density at radius 2 is 1.81 bits per heavy atom. The molecule has 0 saturated carbocycles. The second-order valence-electron chi connectivity index (χ2n) is 6.76. The molecule has 4 nitrogen and oxygen atoms in total. The van der Waals surface area contributed by atoms with E-state index in [1.165, 1.54) is 0 Å². The van der Waals surface area contributed by atoms with E-state index in [2.05, 4.69) is 6.07 Å². The van der Waals surface area contributed by atoms with Crippen LogP contribution in [0.4, 0.5) is 0 Å². The first kappa shape index (κ1) is 17.4. The maximum Gasteiger partial charge on any atom is 0.205 e. The van der Waals surface area contributed by atoms with E-state index >= 15 is 0 Å². The van der Waals surface area contributed by atoms with Crippen molar-refractivity contribution in [3.05, 3.63) is 93.5 Å². The number of ketones is 1. The molecular formula is C22H17ClN2O2. The molecule has 5 heteroatoms. The summed E-state index contributed by atoms with van der Waals surface area (Å²) >= 11 is 6.11. The Bertz CT molecular complexity index is 1020. The van der Waals surface area contributed by atoms with Crippen molar-refractivity contribution in [3.8, 4) is 6.07 Å². The van der Waals surface area contributed by atoms with Gasteiger partial charge in [-0.25, -0.2) is 0 Å². The first-order valence-electron chi connectivity index (χ1n) is 8.72. The highest BCUT2D eigenvalue weighted by atomic mass is 35.5. The summed E-state index contributed by atoms with van der Waals surface area (Å²) in [7, 11) is 0. The summed E-state index contributed by atoms with van der Waals surface area (Å²) < 4.78 is 5.76. The molecule has 0 aromatic heterocycles. The van der Waals surface area contributed by atoms with E-state index in [1.54, 1.807) is 0 Å². The number of carbonyl (C=O) groups excluding carboxylic acids is 1. The standard InChI is InChI=1S/C22H17ClN2O2/c23-16-8-4-7-14(9-16)15-10-18(26)21-19(11-15)27-22(25)17(12-24)20(21)13-5-2-1-3-6-13/h1-9,15,20H,10-11,25H2/t15-,20+/m0/s1. The zero-order valence-corrected chi connectivity index (χ0v) is 15.2. The number of carbonyl (C=O) groups is 1. The van der Waals surface area contributed by atoms with E-state index in [9.17, 15) is 10.1 Å². The Morgan fingerprint density at radius 1 is 1.07 bits per heavy atom. The molecule has 27 heavy (non-hydrogen) atoms. The van der Waals surface area contributed by atoms with Crippen molar-refractivity contribution in [1.82, 2.24) is 0 Å². The number of nitrogens with zero attached hydrogens (tertiary/aromatic N) is 1. The highest BCUT2D eigenvalue weighted by Crippen LogP contribution is 2.46. The molecule has 1 aliphatic carbocycles. The summed E-state index contributed by atoms with van der Waals surface area (Å²) in [6, 6.07) is 19.1. The molecule has 2 aromatic rings. The van der Waals surface area contributed by atoms with Crippen LogP contribution in [0.2, 0.25) is 5.02 Å². The second kappa shape index (κ2) is 6.94. The van der Waals surface area contributed by atoms with Gasteiger partial charge in [0.15, 0.2) is 5.78 Å². The largest absolute Gasteiger partial charge is 0.444 e. The number of hydrogen-bond donors (Lipinski definition) is 1. The molecule has 1 aliphatic heterocycles. The molecular weight excluding hydrogens is 360 g/mol. The predicted molar refractivity (Wildman–Crippen MR) is 103 cm³/mol. The molecule has 0 radical (unpaired) electrons. The number of benzene rings is 2. The molecule has 0 unspecified atom stereocenters. The van der Waals surface area contributed by atoms with Crippen LogP contribution in [0, 0.1) is 11.3 Å². The second-order valence-corrected chi connectivity index (χ2v) is 7.19. The summed E-state index contributed by atoms with van der Waals surface area (Å²) in [6.45, 7) is 0. The molecule has 134 valence electrons. The van der Waals surface area contributed by atoms with Crippen LogP contribution in [-0.4, -0.2) is 5.78 Å². The van der Waals surface area contributed by atoms with Gasteiger partial charge in [0.05, 0.1) is 5.92 Å². The van der Waals surface area contributed by atoms with Crippen molar-refractivity contribution in [2.45, 2.75) is 24.7 Å². The lowest BCUT2D eigenvalue weighted by atomic mass is 9.73. The van der Waals surface area contributed by atoms with Crippen molar-refractivity contribution in [3.63, 3.8) is 0 Å². The van der Waals surface area contributed by atoms with Crippen LogP contribution in [0.25, 0.3) is 0 Å². The van der Waals surface area contributed by atoms with Gasteiger partial charge in [0.1, 0.15) is 17.4 Å². The fraction of sp³-hybridized carbons (Fsp3) is 0.182. The van der Waals surface area contributed by atoms with Crippen molar-refractivity contribution in [1.29, 1.82) is 5.26 Å². The monoisotopic (exact) mass is 376 g/mol. The fourth-order valence-corrected chi connectivity index (χ4v) is 4.08. The highest BCUT2D eigenvalue weighted by Gasteiger charge is 2.40. The Balaban J connectivity index is 1.78. The Labute approximate surface area is 162 Å².